The number of likely N-dealkylation sites (N-methyl/N-ethyl adjacent to an activating group) is 1. The van der Waals surface area contributed by atoms with E-state index in [9.17, 15) is 0 Å². The van der Waals surface area contributed by atoms with Gasteiger partial charge in [0.15, 0.2) is 11.5 Å². The van der Waals surface area contributed by atoms with Crippen LogP contribution in [0.3, 0.4) is 0 Å². The second-order valence-electron chi connectivity index (χ2n) is 4.58. The van der Waals surface area contributed by atoms with Gasteiger partial charge in [-0.3, -0.25) is 5.10 Å². The molecule has 1 aromatic carbocycles. The molecule has 2 heterocycles. The molecule has 0 spiro atoms. The van der Waals surface area contributed by atoms with Gasteiger partial charge in [-0.1, -0.05) is 0 Å². The van der Waals surface area contributed by atoms with Crippen molar-refractivity contribution in [3.63, 3.8) is 0 Å². The van der Waals surface area contributed by atoms with E-state index in [0.717, 1.165) is 45.9 Å². The number of halogens is 1. The van der Waals surface area contributed by atoms with Crippen molar-refractivity contribution >= 4 is 15.9 Å². The standard InChI is InChI=1S/C14H16BrN3O2/c1-16-5-4-10-13(15)14(18-17-10)9-2-3-11-12(8-9)20-7-6-19-11/h2-3,8,16H,4-7H2,1H3,(H,17,18). The lowest BCUT2D eigenvalue weighted by atomic mass is 10.1. The summed E-state index contributed by atoms with van der Waals surface area (Å²) in [5, 5.41) is 10.6. The molecule has 0 amide bonds. The minimum atomic E-state index is 0.589. The molecule has 0 fully saturated rings. The van der Waals surface area contributed by atoms with Gasteiger partial charge in [0.1, 0.15) is 18.9 Å². The minimum absolute atomic E-state index is 0.589. The van der Waals surface area contributed by atoms with Crippen LogP contribution in [0.2, 0.25) is 0 Å². The summed E-state index contributed by atoms with van der Waals surface area (Å²) in [4.78, 5) is 0. The normalized spacial score (nSPS) is 13.5. The Morgan fingerprint density at radius 3 is 2.90 bits per heavy atom. The van der Waals surface area contributed by atoms with E-state index in [0.29, 0.717) is 13.2 Å². The average molecular weight is 338 g/mol. The molecule has 1 aliphatic rings. The van der Waals surface area contributed by atoms with Gasteiger partial charge in [0.2, 0.25) is 0 Å². The summed E-state index contributed by atoms with van der Waals surface area (Å²) in [5.74, 6) is 1.57. The van der Waals surface area contributed by atoms with Gasteiger partial charge in [-0.05, 0) is 41.2 Å². The topological polar surface area (TPSA) is 59.2 Å². The highest BCUT2D eigenvalue weighted by Crippen LogP contribution is 2.36. The summed E-state index contributed by atoms with van der Waals surface area (Å²) in [6.07, 6.45) is 0.897. The Kier molecular flexibility index (Phi) is 3.93. The molecule has 0 saturated carbocycles. The molecule has 0 radical (unpaired) electrons. The molecule has 3 rings (SSSR count). The van der Waals surface area contributed by atoms with Crippen molar-refractivity contribution in [2.24, 2.45) is 0 Å². The molecule has 2 N–H and O–H groups in total. The summed E-state index contributed by atoms with van der Waals surface area (Å²) in [6, 6.07) is 5.89. The fourth-order valence-corrected chi connectivity index (χ4v) is 2.77. The van der Waals surface area contributed by atoms with Crippen molar-refractivity contribution < 1.29 is 9.47 Å². The highest BCUT2D eigenvalue weighted by Gasteiger charge is 2.16. The Morgan fingerprint density at radius 1 is 1.30 bits per heavy atom. The number of fused-ring (bicyclic) bond motifs is 1. The first-order valence-electron chi connectivity index (χ1n) is 6.57. The Labute approximate surface area is 125 Å². The first kappa shape index (κ1) is 13.5. The Hall–Kier alpha value is -1.53. The molecule has 20 heavy (non-hydrogen) atoms. The van der Waals surface area contributed by atoms with Crippen LogP contribution < -0.4 is 14.8 Å². The summed E-state index contributed by atoms with van der Waals surface area (Å²) >= 11 is 3.62. The number of benzene rings is 1. The minimum Gasteiger partial charge on any atom is -0.486 e. The van der Waals surface area contributed by atoms with Crippen LogP contribution in [0.15, 0.2) is 22.7 Å². The fourth-order valence-electron chi connectivity index (χ4n) is 2.16. The lowest BCUT2D eigenvalue weighted by Gasteiger charge is -2.18. The SMILES string of the molecule is CNCCc1[nH]nc(-c2ccc3c(c2)OCCO3)c1Br. The molecule has 0 bridgehead atoms. The third-order valence-corrected chi connectivity index (χ3v) is 4.07. The maximum atomic E-state index is 5.61. The van der Waals surface area contributed by atoms with Gasteiger partial charge < -0.3 is 14.8 Å². The van der Waals surface area contributed by atoms with Gasteiger partial charge in [-0.25, -0.2) is 0 Å². The number of H-pyrrole nitrogens is 1. The van der Waals surface area contributed by atoms with Crippen molar-refractivity contribution in [2.75, 3.05) is 26.8 Å². The van der Waals surface area contributed by atoms with Crippen molar-refractivity contribution in [3.8, 4) is 22.8 Å². The number of hydrogen-bond acceptors (Lipinski definition) is 4. The van der Waals surface area contributed by atoms with E-state index >= 15 is 0 Å². The van der Waals surface area contributed by atoms with Crippen molar-refractivity contribution in [1.82, 2.24) is 15.5 Å². The van der Waals surface area contributed by atoms with E-state index in [1.807, 2.05) is 25.2 Å². The highest BCUT2D eigenvalue weighted by molar-refractivity contribution is 9.10. The zero-order valence-corrected chi connectivity index (χ0v) is 12.8. The van der Waals surface area contributed by atoms with Gasteiger partial charge in [-0.15, -0.1) is 0 Å². The fraction of sp³-hybridized carbons (Fsp3) is 0.357. The molecule has 6 heteroatoms. The Bertz CT molecular complexity index is 612. The molecule has 0 atom stereocenters. The molecule has 5 nitrogen and oxygen atoms in total. The van der Waals surface area contributed by atoms with E-state index in [1.165, 1.54) is 0 Å². The van der Waals surface area contributed by atoms with Crippen molar-refractivity contribution in [3.05, 3.63) is 28.4 Å². The zero-order valence-electron chi connectivity index (χ0n) is 11.2. The van der Waals surface area contributed by atoms with Crippen LogP contribution in [-0.2, 0) is 6.42 Å². The summed E-state index contributed by atoms with van der Waals surface area (Å²) < 4.78 is 12.1. The summed E-state index contributed by atoms with van der Waals surface area (Å²) in [7, 11) is 1.94. The van der Waals surface area contributed by atoms with Crippen LogP contribution >= 0.6 is 15.9 Å². The smallest absolute Gasteiger partial charge is 0.162 e. The molecule has 2 aromatic rings. The van der Waals surface area contributed by atoms with Crippen LogP contribution in [0.25, 0.3) is 11.3 Å². The van der Waals surface area contributed by atoms with E-state index in [-0.39, 0.29) is 0 Å². The Morgan fingerprint density at radius 2 is 2.10 bits per heavy atom. The largest absolute Gasteiger partial charge is 0.486 e. The Balaban J connectivity index is 1.91. The number of aromatic amines is 1. The molecule has 0 aliphatic carbocycles. The quantitative estimate of drug-likeness (QED) is 0.899. The summed E-state index contributed by atoms with van der Waals surface area (Å²) in [5.41, 5.74) is 2.99. The monoisotopic (exact) mass is 337 g/mol. The average Bonchev–Trinajstić information content (AvgIpc) is 2.85. The van der Waals surface area contributed by atoms with E-state index in [2.05, 4.69) is 31.4 Å². The molecule has 1 aromatic heterocycles. The van der Waals surface area contributed by atoms with Gasteiger partial charge in [-0.2, -0.15) is 5.10 Å². The van der Waals surface area contributed by atoms with E-state index in [1.54, 1.807) is 0 Å². The lowest BCUT2D eigenvalue weighted by molar-refractivity contribution is 0.171. The van der Waals surface area contributed by atoms with Gasteiger partial charge in [0.25, 0.3) is 0 Å². The molecule has 0 unspecified atom stereocenters. The van der Waals surface area contributed by atoms with Crippen molar-refractivity contribution in [1.29, 1.82) is 0 Å². The third-order valence-electron chi connectivity index (χ3n) is 3.22. The highest BCUT2D eigenvalue weighted by atomic mass is 79.9. The van der Waals surface area contributed by atoms with Crippen LogP contribution in [0, 0.1) is 0 Å². The molecular formula is C14H16BrN3O2. The third kappa shape index (κ3) is 2.53. The number of hydrogen-bond donors (Lipinski definition) is 2. The maximum absolute atomic E-state index is 5.61. The van der Waals surface area contributed by atoms with Crippen LogP contribution in [-0.4, -0.2) is 37.0 Å². The molecule has 0 saturated heterocycles. The van der Waals surface area contributed by atoms with E-state index < -0.39 is 0 Å². The predicted molar refractivity (Wildman–Crippen MR) is 80.3 cm³/mol. The first-order chi connectivity index (χ1) is 9.79. The maximum Gasteiger partial charge on any atom is 0.162 e. The number of ether oxygens (including phenoxy) is 2. The molecule has 106 valence electrons. The van der Waals surface area contributed by atoms with Crippen LogP contribution in [0.1, 0.15) is 5.69 Å². The number of nitrogens with one attached hydrogen (secondary N) is 2. The van der Waals surface area contributed by atoms with Crippen molar-refractivity contribution in [2.45, 2.75) is 6.42 Å². The number of rotatable bonds is 4. The zero-order chi connectivity index (χ0) is 13.9. The molecule has 1 aliphatic heterocycles. The lowest BCUT2D eigenvalue weighted by Crippen LogP contribution is -2.15. The number of aromatic nitrogens is 2. The van der Waals surface area contributed by atoms with Gasteiger partial charge >= 0.3 is 0 Å². The summed E-state index contributed by atoms with van der Waals surface area (Å²) in [6.45, 7) is 2.10. The second kappa shape index (κ2) is 5.85. The van der Waals surface area contributed by atoms with Gasteiger partial charge in [0.05, 0.1) is 10.2 Å². The van der Waals surface area contributed by atoms with Crippen LogP contribution in [0.4, 0.5) is 0 Å². The van der Waals surface area contributed by atoms with E-state index in [4.69, 9.17) is 9.47 Å². The van der Waals surface area contributed by atoms with Crippen LogP contribution in [0.5, 0.6) is 11.5 Å². The number of nitrogens with zero attached hydrogens (tertiary/aromatic N) is 1. The molecular weight excluding hydrogens is 322 g/mol. The second-order valence-corrected chi connectivity index (χ2v) is 5.37. The first-order valence-corrected chi connectivity index (χ1v) is 7.36. The van der Waals surface area contributed by atoms with Gasteiger partial charge in [0, 0.05) is 18.5 Å². The predicted octanol–water partition coefficient (Wildman–Crippen LogP) is 2.37.